The first kappa shape index (κ1) is 14.5. The maximum Gasteiger partial charge on any atom is 0.123 e. The average molecular weight is 273 g/mol. The molecule has 0 aliphatic rings. The summed E-state index contributed by atoms with van der Waals surface area (Å²) in [4.78, 5) is 0. The molecule has 0 amide bonds. The van der Waals surface area contributed by atoms with Crippen molar-refractivity contribution < 1.29 is 9.13 Å². The summed E-state index contributed by atoms with van der Waals surface area (Å²) in [5, 5.41) is 3.10. The van der Waals surface area contributed by atoms with Crippen LogP contribution < -0.4 is 10.1 Å². The zero-order valence-corrected chi connectivity index (χ0v) is 12.1. The molecule has 2 aromatic carbocycles. The molecule has 1 N–H and O–H groups in total. The number of halogens is 1. The fourth-order valence-electron chi connectivity index (χ4n) is 2.15. The van der Waals surface area contributed by atoms with Gasteiger partial charge in [-0.05, 0) is 61.9 Å². The average Bonchev–Trinajstić information content (AvgIpc) is 2.41. The van der Waals surface area contributed by atoms with E-state index in [4.69, 9.17) is 4.74 Å². The van der Waals surface area contributed by atoms with Crippen molar-refractivity contribution >= 4 is 0 Å². The lowest BCUT2D eigenvalue weighted by atomic mass is 9.99. The molecule has 0 aliphatic carbocycles. The van der Waals surface area contributed by atoms with Crippen LogP contribution in [-0.2, 0) is 6.54 Å². The summed E-state index contributed by atoms with van der Waals surface area (Å²) in [6.45, 7) is 4.69. The molecule has 0 heterocycles. The summed E-state index contributed by atoms with van der Waals surface area (Å²) in [7, 11) is 1.88. The van der Waals surface area contributed by atoms with E-state index in [0.29, 0.717) is 6.54 Å². The Kier molecular flexibility index (Phi) is 4.74. The Bertz CT molecular complexity index is 564. The van der Waals surface area contributed by atoms with Crippen LogP contribution in [0.5, 0.6) is 5.75 Å². The molecule has 0 atom stereocenters. The van der Waals surface area contributed by atoms with Crippen LogP contribution in [0.25, 0.3) is 11.1 Å². The molecule has 2 rings (SSSR count). The highest BCUT2D eigenvalue weighted by atomic mass is 19.1. The predicted molar refractivity (Wildman–Crippen MR) is 80.4 cm³/mol. The third kappa shape index (κ3) is 3.58. The minimum Gasteiger partial charge on any atom is -0.491 e. The highest BCUT2D eigenvalue weighted by molar-refractivity contribution is 5.68. The Morgan fingerprint density at radius 1 is 1.10 bits per heavy atom. The van der Waals surface area contributed by atoms with Crippen LogP contribution in [0.15, 0.2) is 42.5 Å². The first-order valence-corrected chi connectivity index (χ1v) is 6.80. The number of ether oxygens (including phenoxy) is 1. The Morgan fingerprint density at radius 3 is 2.40 bits per heavy atom. The molecule has 0 bridgehead atoms. The van der Waals surface area contributed by atoms with E-state index in [2.05, 4.69) is 5.32 Å². The van der Waals surface area contributed by atoms with Crippen LogP contribution >= 0.6 is 0 Å². The Hall–Kier alpha value is -1.87. The fourth-order valence-corrected chi connectivity index (χ4v) is 2.15. The molecule has 0 aliphatic heterocycles. The number of hydrogen-bond acceptors (Lipinski definition) is 2. The highest BCUT2D eigenvalue weighted by Crippen LogP contribution is 2.27. The van der Waals surface area contributed by atoms with Gasteiger partial charge in [0.15, 0.2) is 0 Å². The van der Waals surface area contributed by atoms with Gasteiger partial charge in [-0.3, -0.25) is 0 Å². The first-order valence-electron chi connectivity index (χ1n) is 6.80. The van der Waals surface area contributed by atoms with Crippen LogP contribution in [0.3, 0.4) is 0 Å². The topological polar surface area (TPSA) is 21.3 Å². The largest absolute Gasteiger partial charge is 0.491 e. The van der Waals surface area contributed by atoms with E-state index in [-0.39, 0.29) is 11.9 Å². The second-order valence-corrected chi connectivity index (χ2v) is 5.02. The fraction of sp³-hybridized carbons (Fsp3) is 0.294. The van der Waals surface area contributed by atoms with Gasteiger partial charge >= 0.3 is 0 Å². The second kappa shape index (κ2) is 6.53. The van der Waals surface area contributed by atoms with Gasteiger partial charge in [0.1, 0.15) is 11.6 Å². The number of benzene rings is 2. The lowest BCUT2D eigenvalue weighted by Crippen LogP contribution is -2.07. The van der Waals surface area contributed by atoms with Gasteiger partial charge in [0.05, 0.1) is 6.10 Å². The zero-order valence-electron chi connectivity index (χ0n) is 12.1. The molecule has 0 fully saturated rings. The van der Waals surface area contributed by atoms with Gasteiger partial charge in [-0.2, -0.15) is 0 Å². The molecule has 2 aromatic rings. The molecule has 0 saturated carbocycles. The maximum absolute atomic E-state index is 13.5. The number of rotatable bonds is 5. The molecule has 20 heavy (non-hydrogen) atoms. The molecule has 3 heteroatoms. The smallest absolute Gasteiger partial charge is 0.123 e. The van der Waals surface area contributed by atoms with E-state index < -0.39 is 0 Å². The third-order valence-electron chi connectivity index (χ3n) is 2.98. The highest BCUT2D eigenvalue weighted by Gasteiger charge is 2.07. The van der Waals surface area contributed by atoms with Gasteiger partial charge in [0.2, 0.25) is 0 Å². The summed E-state index contributed by atoms with van der Waals surface area (Å²) in [6.07, 6.45) is 0.148. The monoisotopic (exact) mass is 273 g/mol. The van der Waals surface area contributed by atoms with Crippen molar-refractivity contribution in [1.29, 1.82) is 0 Å². The Labute approximate surface area is 119 Å². The normalized spacial score (nSPS) is 10.8. The van der Waals surface area contributed by atoms with Crippen LogP contribution in [0.2, 0.25) is 0 Å². The molecule has 0 unspecified atom stereocenters. The Balaban J connectivity index is 2.33. The van der Waals surface area contributed by atoms with Gasteiger partial charge in [-0.25, -0.2) is 4.39 Å². The third-order valence-corrected chi connectivity index (χ3v) is 2.98. The molecule has 0 aromatic heterocycles. The molecule has 0 saturated heterocycles. The quantitative estimate of drug-likeness (QED) is 0.889. The van der Waals surface area contributed by atoms with E-state index in [1.807, 2.05) is 51.2 Å². The molecule has 106 valence electrons. The van der Waals surface area contributed by atoms with Crippen molar-refractivity contribution in [2.45, 2.75) is 26.5 Å². The lowest BCUT2D eigenvalue weighted by Gasteiger charge is -2.12. The zero-order chi connectivity index (χ0) is 14.5. The minimum absolute atomic E-state index is 0.148. The maximum atomic E-state index is 13.5. The molecule has 0 spiro atoms. The number of hydrogen-bond donors (Lipinski definition) is 1. The standard InChI is InChI=1S/C17H20FNO/c1-12(2)20-16-8-5-13(6-9-16)17-10-15(18)7-4-14(17)11-19-3/h4-10,12,19H,11H2,1-3H3. The van der Waals surface area contributed by atoms with Crippen molar-refractivity contribution in [3.8, 4) is 16.9 Å². The first-order chi connectivity index (χ1) is 9.60. The van der Waals surface area contributed by atoms with Crippen LogP contribution in [0.1, 0.15) is 19.4 Å². The molecular weight excluding hydrogens is 253 g/mol. The molecule has 0 radical (unpaired) electrons. The van der Waals surface area contributed by atoms with Gasteiger partial charge in [0.25, 0.3) is 0 Å². The van der Waals surface area contributed by atoms with Gasteiger partial charge in [-0.15, -0.1) is 0 Å². The number of nitrogens with one attached hydrogen (secondary N) is 1. The minimum atomic E-state index is -0.220. The van der Waals surface area contributed by atoms with E-state index in [1.165, 1.54) is 6.07 Å². The summed E-state index contributed by atoms with van der Waals surface area (Å²) in [6, 6.07) is 12.7. The van der Waals surface area contributed by atoms with Gasteiger partial charge < -0.3 is 10.1 Å². The summed E-state index contributed by atoms with van der Waals surface area (Å²) in [5.74, 6) is 0.609. The summed E-state index contributed by atoms with van der Waals surface area (Å²) < 4.78 is 19.1. The van der Waals surface area contributed by atoms with Crippen LogP contribution in [0.4, 0.5) is 4.39 Å². The van der Waals surface area contributed by atoms with Crippen LogP contribution in [-0.4, -0.2) is 13.2 Å². The molecule has 2 nitrogen and oxygen atoms in total. The SMILES string of the molecule is CNCc1ccc(F)cc1-c1ccc(OC(C)C)cc1. The lowest BCUT2D eigenvalue weighted by molar-refractivity contribution is 0.242. The Morgan fingerprint density at radius 2 is 1.80 bits per heavy atom. The van der Waals surface area contributed by atoms with Gasteiger partial charge in [0, 0.05) is 6.54 Å². The van der Waals surface area contributed by atoms with E-state index in [0.717, 1.165) is 22.4 Å². The van der Waals surface area contributed by atoms with E-state index in [9.17, 15) is 4.39 Å². The predicted octanol–water partition coefficient (Wildman–Crippen LogP) is 4.00. The second-order valence-electron chi connectivity index (χ2n) is 5.02. The van der Waals surface area contributed by atoms with E-state index in [1.54, 1.807) is 6.07 Å². The summed E-state index contributed by atoms with van der Waals surface area (Å²) >= 11 is 0. The van der Waals surface area contributed by atoms with E-state index >= 15 is 0 Å². The van der Waals surface area contributed by atoms with Crippen molar-refractivity contribution in [2.24, 2.45) is 0 Å². The van der Waals surface area contributed by atoms with Crippen LogP contribution in [0, 0.1) is 5.82 Å². The van der Waals surface area contributed by atoms with Crippen molar-refractivity contribution in [3.05, 3.63) is 53.8 Å². The van der Waals surface area contributed by atoms with Crippen molar-refractivity contribution in [3.63, 3.8) is 0 Å². The summed E-state index contributed by atoms with van der Waals surface area (Å²) in [5.41, 5.74) is 2.98. The molecular formula is C17H20FNO. The van der Waals surface area contributed by atoms with Gasteiger partial charge in [-0.1, -0.05) is 18.2 Å². The van der Waals surface area contributed by atoms with Crippen molar-refractivity contribution in [1.82, 2.24) is 5.32 Å². The van der Waals surface area contributed by atoms with Crippen molar-refractivity contribution in [2.75, 3.05) is 7.05 Å².